The van der Waals surface area contributed by atoms with Gasteiger partial charge < -0.3 is 19.5 Å². The Bertz CT molecular complexity index is 969. The van der Waals surface area contributed by atoms with Gasteiger partial charge in [0.15, 0.2) is 0 Å². The van der Waals surface area contributed by atoms with Crippen LogP contribution in [-0.4, -0.2) is 65.9 Å². The fourth-order valence-electron chi connectivity index (χ4n) is 3.45. The Morgan fingerprint density at radius 2 is 2.10 bits per heavy atom. The van der Waals surface area contributed by atoms with Crippen molar-refractivity contribution >= 4 is 29.1 Å². The van der Waals surface area contributed by atoms with Crippen LogP contribution in [-0.2, 0) is 14.3 Å². The number of piperidine rings is 1. The van der Waals surface area contributed by atoms with Crippen LogP contribution in [0.5, 0.6) is 0 Å². The third-order valence-electron chi connectivity index (χ3n) is 5.04. The molecular formula is C21H25N3O5S. The fourth-order valence-corrected chi connectivity index (χ4v) is 4.16. The van der Waals surface area contributed by atoms with Gasteiger partial charge >= 0.3 is 5.97 Å². The number of hydrogen-bond donors (Lipinski definition) is 1. The van der Waals surface area contributed by atoms with E-state index in [9.17, 15) is 19.2 Å². The molecule has 3 rings (SSSR count). The van der Waals surface area contributed by atoms with Crippen LogP contribution >= 0.6 is 11.3 Å². The Balaban J connectivity index is 1.63. The summed E-state index contributed by atoms with van der Waals surface area (Å²) in [5.41, 5.74) is 0.128. The highest BCUT2D eigenvalue weighted by atomic mass is 32.1. The number of amides is 2. The molecular weight excluding hydrogens is 406 g/mol. The molecule has 8 nitrogen and oxygen atoms in total. The van der Waals surface area contributed by atoms with Crippen LogP contribution in [0.25, 0.3) is 10.6 Å². The van der Waals surface area contributed by atoms with Crippen LogP contribution < -0.4 is 5.56 Å². The monoisotopic (exact) mass is 431 g/mol. The van der Waals surface area contributed by atoms with Gasteiger partial charge in [-0.25, -0.2) is 0 Å². The summed E-state index contributed by atoms with van der Waals surface area (Å²) in [4.78, 5) is 56.2. The lowest BCUT2D eigenvalue weighted by Gasteiger charge is -2.32. The SMILES string of the molecule is CCOC(=O)C1CCCN(C(=O)CN(C)C(=O)c2ccc(-c3cccs3)[nH]c2=O)C1. The first-order chi connectivity index (χ1) is 14.4. The zero-order valence-electron chi connectivity index (χ0n) is 17.1. The van der Waals surface area contributed by atoms with Crippen molar-refractivity contribution in [1.29, 1.82) is 0 Å². The number of carbonyl (C=O) groups is 3. The average molecular weight is 432 g/mol. The second kappa shape index (κ2) is 9.71. The summed E-state index contributed by atoms with van der Waals surface area (Å²) < 4.78 is 5.06. The number of rotatable bonds is 6. The summed E-state index contributed by atoms with van der Waals surface area (Å²) in [5.74, 6) is -1.42. The number of H-pyrrole nitrogens is 1. The van der Waals surface area contributed by atoms with E-state index >= 15 is 0 Å². The summed E-state index contributed by atoms with van der Waals surface area (Å²) in [7, 11) is 1.49. The molecule has 1 unspecified atom stereocenters. The van der Waals surface area contributed by atoms with Gasteiger partial charge in [-0.3, -0.25) is 19.2 Å². The van der Waals surface area contributed by atoms with Gasteiger partial charge in [-0.05, 0) is 43.3 Å². The van der Waals surface area contributed by atoms with Crippen molar-refractivity contribution in [3.63, 3.8) is 0 Å². The van der Waals surface area contributed by atoms with E-state index in [4.69, 9.17) is 4.74 Å². The molecule has 0 saturated carbocycles. The molecule has 1 aliphatic heterocycles. The first-order valence-corrected chi connectivity index (χ1v) is 10.8. The van der Waals surface area contributed by atoms with Crippen LogP contribution in [0.3, 0.4) is 0 Å². The summed E-state index contributed by atoms with van der Waals surface area (Å²) in [6.45, 7) is 2.71. The summed E-state index contributed by atoms with van der Waals surface area (Å²) in [5, 5.41) is 1.90. The topological polar surface area (TPSA) is 99.8 Å². The number of pyridine rings is 1. The Kier molecular flexibility index (Phi) is 7.04. The van der Waals surface area contributed by atoms with Crippen LogP contribution in [0.15, 0.2) is 34.4 Å². The molecule has 2 aromatic heterocycles. The van der Waals surface area contributed by atoms with Gasteiger partial charge in [0.1, 0.15) is 5.56 Å². The van der Waals surface area contributed by atoms with Crippen LogP contribution in [0.1, 0.15) is 30.1 Å². The highest BCUT2D eigenvalue weighted by Gasteiger charge is 2.30. The number of nitrogens with zero attached hydrogens (tertiary/aromatic N) is 2. The number of likely N-dealkylation sites (N-methyl/N-ethyl adjacent to an activating group) is 1. The number of nitrogens with one attached hydrogen (secondary N) is 1. The molecule has 0 aliphatic carbocycles. The predicted molar refractivity (Wildman–Crippen MR) is 113 cm³/mol. The number of aromatic amines is 1. The van der Waals surface area contributed by atoms with Gasteiger partial charge in [-0.1, -0.05) is 6.07 Å². The normalized spacial score (nSPS) is 16.2. The van der Waals surface area contributed by atoms with E-state index in [1.807, 2.05) is 17.5 Å². The van der Waals surface area contributed by atoms with E-state index in [1.54, 1.807) is 17.9 Å². The number of carbonyl (C=O) groups excluding carboxylic acids is 3. The summed E-state index contributed by atoms with van der Waals surface area (Å²) in [6, 6.07) is 6.92. The molecule has 0 radical (unpaired) electrons. The molecule has 2 amide bonds. The van der Waals surface area contributed by atoms with E-state index in [0.29, 0.717) is 31.7 Å². The molecule has 1 atom stereocenters. The van der Waals surface area contributed by atoms with Crippen LogP contribution in [0.4, 0.5) is 0 Å². The second-order valence-electron chi connectivity index (χ2n) is 7.18. The first kappa shape index (κ1) is 21.8. The van der Waals surface area contributed by atoms with E-state index in [2.05, 4.69) is 4.98 Å². The molecule has 1 saturated heterocycles. The molecule has 1 aliphatic rings. The van der Waals surface area contributed by atoms with E-state index in [1.165, 1.54) is 29.4 Å². The number of aromatic nitrogens is 1. The van der Waals surface area contributed by atoms with Gasteiger partial charge in [0.05, 0.1) is 29.6 Å². The van der Waals surface area contributed by atoms with E-state index in [0.717, 1.165) is 4.88 Å². The lowest BCUT2D eigenvalue weighted by atomic mass is 9.98. The standard InChI is InChI=1S/C21H25N3O5S/c1-3-29-21(28)14-6-4-10-24(12-14)18(25)13-23(2)20(27)15-8-9-16(22-19(15)26)17-7-5-11-30-17/h5,7-9,11,14H,3-4,6,10,12-13H2,1-2H3,(H,22,26). The lowest BCUT2D eigenvalue weighted by Crippen LogP contribution is -2.47. The number of likely N-dealkylation sites (tertiary alicyclic amines) is 1. The van der Waals surface area contributed by atoms with E-state index in [-0.39, 0.29) is 36.4 Å². The van der Waals surface area contributed by atoms with Gasteiger partial charge in [0.2, 0.25) is 5.91 Å². The highest BCUT2D eigenvalue weighted by Crippen LogP contribution is 2.22. The fraction of sp³-hybridized carbons (Fsp3) is 0.429. The molecule has 0 aromatic carbocycles. The lowest BCUT2D eigenvalue weighted by molar-refractivity contribution is -0.151. The van der Waals surface area contributed by atoms with Crippen molar-refractivity contribution in [2.75, 3.05) is 33.3 Å². The van der Waals surface area contributed by atoms with Gasteiger partial charge in [0, 0.05) is 20.1 Å². The molecule has 0 spiro atoms. The van der Waals surface area contributed by atoms with Crippen molar-refractivity contribution in [2.24, 2.45) is 5.92 Å². The molecule has 1 N–H and O–H groups in total. The zero-order valence-corrected chi connectivity index (χ0v) is 17.9. The van der Waals surface area contributed by atoms with Crippen LogP contribution in [0.2, 0.25) is 0 Å². The Morgan fingerprint density at radius 1 is 1.30 bits per heavy atom. The number of thiophene rings is 1. The Morgan fingerprint density at radius 3 is 2.77 bits per heavy atom. The van der Waals surface area contributed by atoms with Gasteiger partial charge in [0.25, 0.3) is 11.5 Å². The minimum Gasteiger partial charge on any atom is -0.466 e. The molecule has 160 valence electrons. The molecule has 1 fully saturated rings. The molecule has 30 heavy (non-hydrogen) atoms. The summed E-state index contributed by atoms with van der Waals surface area (Å²) in [6.07, 6.45) is 1.39. The third-order valence-corrected chi connectivity index (χ3v) is 5.94. The zero-order chi connectivity index (χ0) is 21.7. The maximum Gasteiger partial charge on any atom is 0.310 e. The Hall–Kier alpha value is -2.94. The minimum absolute atomic E-state index is 0.0198. The molecule has 3 heterocycles. The van der Waals surface area contributed by atoms with Crippen molar-refractivity contribution in [3.8, 4) is 10.6 Å². The Labute approximate surface area is 178 Å². The molecule has 0 bridgehead atoms. The number of ether oxygens (including phenoxy) is 1. The van der Waals surface area contributed by atoms with Gasteiger partial charge in [-0.15, -0.1) is 11.3 Å². The van der Waals surface area contributed by atoms with E-state index < -0.39 is 11.5 Å². The maximum absolute atomic E-state index is 12.7. The number of hydrogen-bond acceptors (Lipinski definition) is 6. The first-order valence-electron chi connectivity index (χ1n) is 9.87. The quantitative estimate of drug-likeness (QED) is 0.705. The van der Waals surface area contributed by atoms with Crippen LogP contribution in [0, 0.1) is 5.92 Å². The molecule has 9 heteroatoms. The number of esters is 1. The molecule has 2 aromatic rings. The largest absolute Gasteiger partial charge is 0.466 e. The van der Waals surface area contributed by atoms with Crippen molar-refractivity contribution in [2.45, 2.75) is 19.8 Å². The minimum atomic E-state index is -0.527. The summed E-state index contributed by atoms with van der Waals surface area (Å²) >= 11 is 1.49. The van der Waals surface area contributed by atoms with Crippen molar-refractivity contribution < 1.29 is 19.1 Å². The maximum atomic E-state index is 12.7. The van der Waals surface area contributed by atoms with Crippen molar-refractivity contribution in [1.82, 2.24) is 14.8 Å². The predicted octanol–water partition coefficient (Wildman–Crippen LogP) is 1.98. The highest BCUT2D eigenvalue weighted by molar-refractivity contribution is 7.13. The second-order valence-corrected chi connectivity index (χ2v) is 8.13. The third kappa shape index (κ3) is 4.96. The van der Waals surface area contributed by atoms with Crippen molar-refractivity contribution in [3.05, 3.63) is 45.6 Å². The van der Waals surface area contributed by atoms with Gasteiger partial charge in [-0.2, -0.15) is 0 Å². The average Bonchev–Trinajstić information content (AvgIpc) is 3.28. The smallest absolute Gasteiger partial charge is 0.310 e.